The number of nitro groups is 1. The summed E-state index contributed by atoms with van der Waals surface area (Å²) in [7, 11) is 1.15. The number of nitrogens with zero attached hydrogens (tertiary/aromatic N) is 1. The molecule has 1 atom stereocenters. The van der Waals surface area contributed by atoms with Crippen molar-refractivity contribution in [3.05, 3.63) is 67.4 Å². The number of hydrogen-bond donors (Lipinski definition) is 1. The van der Waals surface area contributed by atoms with Crippen molar-refractivity contribution in [1.82, 2.24) is 5.32 Å². The molecule has 23 heavy (non-hydrogen) atoms. The maximum absolute atomic E-state index is 14.3. The minimum absolute atomic E-state index is 0.00162. The molecule has 0 saturated carbocycles. The van der Waals surface area contributed by atoms with E-state index in [0.29, 0.717) is 5.70 Å². The van der Waals surface area contributed by atoms with Crippen LogP contribution < -0.4 is 5.32 Å². The van der Waals surface area contributed by atoms with Crippen molar-refractivity contribution in [2.45, 2.75) is 19.8 Å². The minimum Gasteiger partial charge on any atom is -0.466 e. The first kappa shape index (κ1) is 17.0. The molecule has 0 amide bonds. The number of esters is 1. The van der Waals surface area contributed by atoms with E-state index in [-0.39, 0.29) is 27.6 Å². The molecule has 1 heterocycles. The van der Waals surface area contributed by atoms with E-state index in [1.54, 1.807) is 6.92 Å². The fourth-order valence-electron chi connectivity index (χ4n) is 2.67. The van der Waals surface area contributed by atoms with Gasteiger partial charge < -0.3 is 10.1 Å². The monoisotopic (exact) mass is 340 g/mol. The number of methoxy groups -OCH3 is 1. The minimum atomic E-state index is -1.26. The van der Waals surface area contributed by atoms with Crippen LogP contribution in [0.3, 0.4) is 0 Å². The highest BCUT2D eigenvalue weighted by molar-refractivity contribution is 6.31. The topological polar surface area (TPSA) is 81.5 Å². The van der Waals surface area contributed by atoms with Gasteiger partial charge in [0.15, 0.2) is 0 Å². The van der Waals surface area contributed by atoms with Gasteiger partial charge in [-0.1, -0.05) is 17.7 Å². The van der Waals surface area contributed by atoms with Crippen LogP contribution in [0, 0.1) is 15.9 Å². The molecule has 2 rings (SSSR count). The van der Waals surface area contributed by atoms with E-state index in [2.05, 4.69) is 5.32 Å². The van der Waals surface area contributed by atoms with Crippen LogP contribution in [-0.2, 0) is 9.53 Å². The lowest BCUT2D eigenvalue weighted by atomic mass is 9.83. The third-order valence-corrected chi connectivity index (χ3v) is 3.95. The Bertz CT molecular complexity index is 738. The van der Waals surface area contributed by atoms with Crippen molar-refractivity contribution in [2.75, 3.05) is 7.11 Å². The van der Waals surface area contributed by atoms with Gasteiger partial charge in [0.25, 0.3) is 5.70 Å². The fourth-order valence-corrected chi connectivity index (χ4v) is 2.95. The number of allylic oxidation sites excluding steroid dienone is 3. The molecule has 0 bridgehead atoms. The average molecular weight is 341 g/mol. The Labute approximate surface area is 136 Å². The number of halogens is 2. The number of carbonyl (C=O) groups is 1. The molecule has 0 spiro atoms. The Hall–Kier alpha value is -2.41. The lowest BCUT2D eigenvalue weighted by Crippen LogP contribution is -2.31. The van der Waals surface area contributed by atoms with Crippen LogP contribution in [0.1, 0.15) is 25.3 Å². The molecular formula is C15H14ClFN2O4. The summed E-state index contributed by atoms with van der Waals surface area (Å²) >= 11 is 6.06. The maximum atomic E-state index is 14.3. The lowest BCUT2D eigenvalue weighted by Gasteiger charge is -2.26. The van der Waals surface area contributed by atoms with Crippen LogP contribution in [-0.4, -0.2) is 18.0 Å². The van der Waals surface area contributed by atoms with Gasteiger partial charge in [-0.2, -0.15) is 0 Å². The number of hydrogen-bond acceptors (Lipinski definition) is 5. The molecule has 0 fully saturated rings. The van der Waals surface area contributed by atoms with Crippen molar-refractivity contribution in [1.29, 1.82) is 0 Å². The normalized spacial score (nSPS) is 17.9. The fraction of sp³-hybridized carbons (Fsp3) is 0.267. The van der Waals surface area contributed by atoms with Crippen LogP contribution >= 0.6 is 11.6 Å². The van der Waals surface area contributed by atoms with Gasteiger partial charge in [-0.05, 0) is 26.0 Å². The second kappa shape index (κ2) is 6.37. The predicted molar refractivity (Wildman–Crippen MR) is 81.7 cm³/mol. The second-order valence-electron chi connectivity index (χ2n) is 4.99. The van der Waals surface area contributed by atoms with Gasteiger partial charge in [-0.25, -0.2) is 9.18 Å². The number of rotatable bonds is 3. The molecule has 0 radical (unpaired) electrons. The smallest absolute Gasteiger partial charge is 0.336 e. The molecule has 122 valence electrons. The van der Waals surface area contributed by atoms with E-state index in [9.17, 15) is 19.3 Å². The SMILES string of the molecule is COC(=O)C1=C(C)NC(C)=C([N+](=O)[O-])C1c1c(F)cccc1Cl. The number of carbonyl (C=O) groups excluding carboxylic acids is 1. The van der Waals surface area contributed by atoms with Crippen molar-refractivity contribution in [2.24, 2.45) is 0 Å². The predicted octanol–water partition coefficient (Wildman–Crippen LogP) is 3.12. The summed E-state index contributed by atoms with van der Waals surface area (Å²) in [5.74, 6) is -2.77. The first-order chi connectivity index (χ1) is 10.8. The van der Waals surface area contributed by atoms with Crippen molar-refractivity contribution < 1.29 is 18.8 Å². The first-order valence-corrected chi connectivity index (χ1v) is 7.02. The summed E-state index contributed by atoms with van der Waals surface area (Å²) < 4.78 is 19.0. The van der Waals surface area contributed by atoms with E-state index in [1.807, 2.05) is 0 Å². The Morgan fingerprint density at radius 2 is 2.04 bits per heavy atom. The highest BCUT2D eigenvalue weighted by Gasteiger charge is 2.42. The molecule has 8 heteroatoms. The van der Waals surface area contributed by atoms with Crippen LogP contribution in [0.2, 0.25) is 5.02 Å². The van der Waals surface area contributed by atoms with Crippen molar-refractivity contribution in [3.63, 3.8) is 0 Å². The molecule has 0 saturated heterocycles. The van der Waals surface area contributed by atoms with Crippen LogP contribution in [0.4, 0.5) is 4.39 Å². The van der Waals surface area contributed by atoms with Gasteiger partial charge in [0.2, 0.25) is 0 Å². The van der Waals surface area contributed by atoms with E-state index >= 15 is 0 Å². The zero-order valence-electron chi connectivity index (χ0n) is 12.6. The Morgan fingerprint density at radius 1 is 1.39 bits per heavy atom. The van der Waals surface area contributed by atoms with E-state index in [1.165, 1.54) is 19.1 Å². The highest BCUT2D eigenvalue weighted by Crippen LogP contribution is 2.42. The van der Waals surface area contributed by atoms with Crippen molar-refractivity contribution in [3.8, 4) is 0 Å². The van der Waals surface area contributed by atoms with Crippen LogP contribution in [0.25, 0.3) is 0 Å². The summed E-state index contributed by atoms with van der Waals surface area (Å²) in [6, 6.07) is 3.94. The Kier molecular flexibility index (Phi) is 4.70. The molecule has 1 aromatic rings. The second-order valence-corrected chi connectivity index (χ2v) is 5.40. The molecule has 1 N–H and O–H groups in total. The van der Waals surface area contributed by atoms with E-state index in [0.717, 1.165) is 13.2 Å². The third kappa shape index (κ3) is 2.92. The van der Waals surface area contributed by atoms with Gasteiger partial charge in [-0.3, -0.25) is 10.1 Å². The first-order valence-electron chi connectivity index (χ1n) is 6.64. The average Bonchev–Trinajstić information content (AvgIpc) is 2.45. The molecule has 1 aliphatic heterocycles. The van der Waals surface area contributed by atoms with Crippen LogP contribution in [0.5, 0.6) is 0 Å². The highest BCUT2D eigenvalue weighted by atomic mass is 35.5. The van der Waals surface area contributed by atoms with E-state index in [4.69, 9.17) is 16.3 Å². The molecule has 1 unspecified atom stereocenters. The van der Waals surface area contributed by atoms with Crippen LogP contribution in [0.15, 0.2) is 40.9 Å². The lowest BCUT2D eigenvalue weighted by molar-refractivity contribution is -0.431. The van der Waals surface area contributed by atoms with E-state index < -0.39 is 22.6 Å². The number of nitrogens with one attached hydrogen (secondary N) is 1. The largest absolute Gasteiger partial charge is 0.466 e. The molecule has 0 aliphatic carbocycles. The molecule has 0 aromatic heterocycles. The summed E-state index contributed by atoms with van der Waals surface area (Å²) in [4.78, 5) is 23.0. The zero-order valence-corrected chi connectivity index (χ0v) is 13.4. The van der Waals surface area contributed by atoms with Crippen molar-refractivity contribution >= 4 is 17.6 Å². The molecule has 1 aliphatic rings. The zero-order chi connectivity index (χ0) is 17.3. The standard InChI is InChI=1S/C15H14ClFN2O4/c1-7-11(15(20)23-3)13(14(19(21)22)8(2)18-7)12-9(16)5-4-6-10(12)17/h4-6,13,18H,1-3H3. The quantitative estimate of drug-likeness (QED) is 0.519. The van der Waals surface area contributed by atoms with Gasteiger partial charge in [0.05, 0.1) is 23.3 Å². The maximum Gasteiger partial charge on any atom is 0.336 e. The molecule has 1 aromatic carbocycles. The summed E-state index contributed by atoms with van der Waals surface area (Å²) in [6.45, 7) is 3.05. The Balaban J connectivity index is 2.81. The summed E-state index contributed by atoms with van der Waals surface area (Å²) in [6.07, 6.45) is 0. The summed E-state index contributed by atoms with van der Waals surface area (Å²) in [5.41, 5.74) is 0.0509. The van der Waals surface area contributed by atoms with Gasteiger partial charge in [0.1, 0.15) is 11.7 Å². The molecule has 6 nitrogen and oxygen atoms in total. The number of benzene rings is 1. The summed E-state index contributed by atoms with van der Waals surface area (Å²) in [5, 5.41) is 14.3. The number of ether oxygens (including phenoxy) is 1. The van der Waals surface area contributed by atoms with Gasteiger partial charge in [0, 0.05) is 16.3 Å². The number of dihydropyridines is 1. The Morgan fingerprint density at radius 3 is 2.57 bits per heavy atom. The molecular weight excluding hydrogens is 327 g/mol. The third-order valence-electron chi connectivity index (χ3n) is 3.62. The van der Waals surface area contributed by atoms with Gasteiger partial charge in [-0.15, -0.1) is 0 Å². The van der Waals surface area contributed by atoms with Gasteiger partial charge >= 0.3 is 5.97 Å².